The zero-order valence-corrected chi connectivity index (χ0v) is 6.88. The lowest BCUT2D eigenvalue weighted by Crippen LogP contribution is -2.62. The first-order chi connectivity index (χ1) is 5.57. The first-order valence-corrected chi connectivity index (χ1v) is 3.99. The van der Waals surface area contributed by atoms with Crippen molar-refractivity contribution in [1.29, 1.82) is 0 Å². The van der Waals surface area contributed by atoms with E-state index < -0.39 is 30.4 Å². The third-order valence-corrected chi connectivity index (χ3v) is 2.39. The number of rotatable bonds is 1. The van der Waals surface area contributed by atoms with Crippen molar-refractivity contribution in [2.75, 3.05) is 6.61 Å². The molecule has 1 aliphatic rings. The molecule has 0 aliphatic carbocycles. The van der Waals surface area contributed by atoms with Crippen LogP contribution in [0.3, 0.4) is 0 Å². The Bertz CT molecular complexity index is 150. The summed E-state index contributed by atoms with van der Waals surface area (Å²) in [4.78, 5) is 0. The fourth-order valence-corrected chi connectivity index (χ4v) is 1.43. The van der Waals surface area contributed by atoms with Gasteiger partial charge in [-0.3, -0.25) is 5.32 Å². The van der Waals surface area contributed by atoms with Gasteiger partial charge < -0.3 is 20.4 Å². The molecule has 12 heavy (non-hydrogen) atoms. The molecule has 5 heteroatoms. The maximum Gasteiger partial charge on any atom is 0.131 e. The van der Waals surface area contributed by atoms with Gasteiger partial charge in [-0.2, -0.15) is 0 Å². The number of hydrogen-bond donors (Lipinski definition) is 5. The Morgan fingerprint density at radius 1 is 1.17 bits per heavy atom. The lowest BCUT2D eigenvalue weighted by Gasteiger charge is -2.39. The molecule has 0 radical (unpaired) electrons. The van der Waals surface area contributed by atoms with Crippen LogP contribution in [0.15, 0.2) is 0 Å². The van der Waals surface area contributed by atoms with Crippen LogP contribution < -0.4 is 5.32 Å². The summed E-state index contributed by atoms with van der Waals surface area (Å²) in [6.45, 7) is 1.37. The van der Waals surface area contributed by atoms with Crippen LogP contribution >= 0.6 is 0 Å². The second-order valence-corrected chi connectivity index (χ2v) is 3.24. The minimum atomic E-state index is -1.07. The molecule has 1 fully saturated rings. The number of nitrogens with one attached hydrogen (secondary N) is 1. The van der Waals surface area contributed by atoms with Crippen molar-refractivity contribution in [3.05, 3.63) is 0 Å². The van der Waals surface area contributed by atoms with Gasteiger partial charge in [0.15, 0.2) is 0 Å². The second-order valence-electron chi connectivity index (χ2n) is 3.24. The van der Waals surface area contributed by atoms with Crippen molar-refractivity contribution in [2.24, 2.45) is 5.92 Å². The zero-order chi connectivity index (χ0) is 9.30. The lowest BCUT2D eigenvalue weighted by molar-refractivity contribution is -0.122. The smallest absolute Gasteiger partial charge is 0.131 e. The Balaban J connectivity index is 2.63. The lowest BCUT2D eigenvalue weighted by atomic mass is 9.88. The molecule has 0 aromatic rings. The predicted molar refractivity (Wildman–Crippen MR) is 41.2 cm³/mol. The molecule has 5 nitrogen and oxygen atoms in total. The predicted octanol–water partition coefficient (Wildman–Crippen LogP) is -2.37. The third kappa shape index (κ3) is 1.60. The van der Waals surface area contributed by atoms with Gasteiger partial charge in [0.2, 0.25) is 0 Å². The molecular weight excluding hydrogens is 162 g/mol. The highest BCUT2D eigenvalue weighted by atomic mass is 16.3. The van der Waals surface area contributed by atoms with Crippen LogP contribution in [0.25, 0.3) is 0 Å². The monoisotopic (exact) mass is 177 g/mol. The molecule has 0 spiro atoms. The van der Waals surface area contributed by atoms with Crippen LogP contribution in [0.2, 0.25) is 0 Å². The minimum absolute atomic E-state index is 0.255. The summed E-state index contributed by atoms with van der Waals surface area (Å²) in [7, 11) is 0. The zero-order valence-electron chi connectivity index (χ0n) is 6.88. The van der Waals surface area contributed by atoms with Crippen LogP contribution in [-0.2, 0) is 0 Å². The quantitative estimate of drug-likeness (QED) is 0.308. The normalized spacial score (nSPS) is 49.2. The summed E-state index contributed by atoms with van der Waals surface area (Å²) in [6.07, 6.45) is -2.88. The van der Waals surface area contributed by atoms with E-state index in [4.69, 9.17) is 5.11 Å². The molecule has 0 bridgehead atoms. The minimum Gasteiger partial charge on any atom is -0.395 e. The van der Waals surface area contributed by atoms with Gasteiger partial charge in [0.25, 0.3) is 0 Å². The largest absolute Gasteiger partial charge is 0.395 e. The molecule has 1 saturated heterocycles. The fraction of sp³-hybridized carbons (Fsp3) is 1.00. The molecule has 0 aromatic heterocycles. The van der Waals surface area contributed by atoms with Crippen LogP contribution in [-0.4, -0.2) is 51.5 Å². The van der Waals surface area contributed by atoms with Gasteiger partial charge in [0, 0.05) is 5.92 Å². The molecule has 0 aromatic carbocycles. The molecular formula is C7H15NO4. The van der Waals surface area contributed by atoms with Gasteiger partial charge in [-0.05, 0) is 0 Å². The van der Waals surface area contributed by atoms with E-state index in [1.165, 1.54) is 0 Å². The molecule has 5 atom stereocenters. The number of hydrogen-bond acceptors (Lipinski definition) is 5. The Kier molecular flexibility index (Phi) is 3.03. The molecule has 0 saturated carbocycles. The topological polar surface area (TPSA) is 93.0 Å². The van der Waals surface area contributed by atoms with Gasteiger partial charge >= 0.3 is 0 Å². The molecule has 0 amide bonds. The highest BCUT2D eigenvalue weighted by molar-refractivity contribution is 4.91. The Morgan fingerprint density at radius 3 is 2.25 bits per heavy atom. The summed E-state index contributed by atoms with van der Waals surface area (Å²) in [5.74, 6) is -0.432. The van der Waals surface area contributed by atoms with Crippen LogP contribution in [0.5, 0.6) is 0 Å². The first kappa shape index (κ1) is 9.88. The van der Waals surface area contributed by atoms with E-state index in [1.54, 1.807) is 6.92 Å². The van der Waals surface area contributed by atoms with Crippen molar-refractivity contribution in [3.8, 4) is 0 Å². The van der Waals surface area contributed by atoms with E-state index >= 15 is 0 Å². The van der Waals surface area contributed by atoms with Crippen LogP contribution in [0.1, 0.15) is 6.92 Å². The number of aliphatic hydroxyl groups is 4. The maximum absolute atomic E-state index is 9.43. The van der Waals surface area contributed by atoms with Gasteiger partial charge in [-0.1, -0.05) is 6.92 Å². The maximum atomic E-state index is 9.43. The summed E-state index contributed by atoms with van der Waals surface area (Å²) in [5.41, 5.74) is 0. The van der Waals surface area contributed by atoms with Crippen molar-refractivity contribution < 1.29 is 20.4 Å². The summed E-state index contributed by atoms with van der Waals surface area (Å²) in [5, 5.41) is 39.2. The van der Waals surface area contributed by atoms with E-state index in [9.17, 15) is 15.3 Å². The van der Waals surface area contributed by atoms with E-state index in [1.807, 2.05) is 0 Å². The fourth-order valence-electron chi connectivity index (χ4n) is 1.43. The van der Waals surface area contributed by atoms with E-state index in [2.05, 4.69) is 5.32 Å². The Hall–Kier alpha value is -0.200. The molecule has 5 unspecified atom stereocenters. The SMILES string of the molecule is CC1C(O)C(O)NC(CO)C1O. The summed E-state index contributed by atoms with van der Waals surface area (Å²) >= 11 is 0. The molecule has 1 aliphatic heterocycles. The van der Waals surface area contributed by atoms with Gasteiger partial charge in [0.1, 0.15) is 6.23 Å². The van der Waals surface area contributed by atoms with Gasteiger partial charge in [-0.25, -0.2) is 0 Å². The molecule has 5 N–H and O–H groups in total. The average molecular weight is 177 g/mol. The second kappa shape index (κ2) is 3.68. The standard InChI is InChI=1S/C7H15NO4/c1-3-5(10)4(2-9)8-7(12)6(3)11/h3-12H,2H2,1H3. The summed E-state index contributed by atoms with van der Waals surface area (Å²) in [6, 6.07) is -0.557. The molecule has 72 valence electrons. The van der Waals surface area contributed by atoms with E-state index in [-0.39, 0.29) is 6.61 Å². The number of aliphatic hydroxyl groups excluding tert-OH is 4. The Morgan fingerprint density at radius 2 is 1.75 bits per heavy atom. The average Bonchev–Trinajstić information content (AvgIpc) is 2.08. The van der Waals surface area contributed by atoms with Crippen molar-refractivity contribution in [2.45, 2.75) is 31.4 Å². The van der Waals surface area contributed by atoms with Gasteiger partial charge in [-0.15, -0.1) is 0 Å². The van der Waals surface area contributed by atoms with Crippen LogP contribution in [0.4, 0.5) is 0 Å². The Labute approximate surface area is 70.6 Å². The third-order valence-electron chi connectivity index (χ3n) is 2.39. The number of piperidine rings is 1. The van der Waals surface area contributed by atoms with Crippen molar-refractivity contribution >= 4 is 0 Å². The summed E-state index contributed by atoms with van der Waals surface area (Å²) < 4.78 is 0. The van der Waals surface area contributed by atoms with Gasteiger partial charge in [0.05, 0.1) is 24.9 Å². The first-order valence-electron chi connectivity index (χ1n) is 3.99. The van der Waals surface area contributed by atoms with Crippen molar-refractivity contribution in [1.82, 2.24) is 5.32 Å². The highest BCUT2D eigenvalue weighted by Crippen LogP contribution is 2.19. The van der Waals surface area contributed by atoms with E-state index in [0.29, 0.717) is 0 Å². The molecule has 1 heterocycles. The van der Waals surface area contributed by atoms with Crippen molar-refractivity contribution in [3.63, 3.8) is 0 Å². The highest BCUT2D eigenvalue weighted by Gasteiger charge is 2.39. The molecule has 1 rings (SSSR count). The van der Waals surface area contributed by atoms with Crippen LogP contribution in [0, 0.1) is 5.92 Å². The van der Waals surface area contributed by atoms with E-state index in [0.717, 1.165) is 0 Å².